The number of nitrogens with two attached hydrogens (primary N) is 1. The standard InChI is InChI=1S/C11H13N3S/c1-14-8-11(7-13-14)15-10-4-2-9(6-12)3-5-10/h2-5,7-8H,6,12H2,1H3. The average Bonchev–Trinajstić information content (AvgIpc) is 2.65. The van der Waals surface area contributed by atoms with Crippen LogP contribution in [-0.4, -0.2) is 9.78 Å². The molecule has 0 unspecified atom stereocenters. The molecular formula is C11H13N3S. The van der Waals surface area contributed by atoms with Crippen LogP contribution in [0.4, 0.5) is 0 Å². The van der Waals surface area contributed by atoms with Crippen LogP contribution in [0.25, 0.3) is 0 Å². The van der Waals surface area contributed by atoms with Crippen LogP contribution < -0.4 is 5.73 Å². The molecule has 2 N–H and O–H groups in total. The minimum Gasteiger partial charge on any atom is -0.326 e. The lowest BCUT2D eigenvalue weighted by Gasteiger charge is -2.00. The molecule has 0 aliphatic carbocycles. The average molecular weight is 219 g/mol. The number of rotatable bonds is 3. The second-order valence-corrected chi connectivity index (χ2v) is 4.45. The number of nitrogens with zero attached hydrogens (tertiary/aromatic N) is 2. The van der Waals surface area contributed by atoms with Gasteiger partial charge in [-0.25, -0.2) is 0 Å². The van der Waals surface area contributed by atoms with Gasteiger partial charge in [0.15, 0.2) is 0 Å². The summed E-state index contributed by atoms with van der Waals surface area (Å²) in [4.78, 5) is 2.36. The highest BCUT2D eigenvalue weighted by Gasteiger charge is 1.99. The number of aromatic nitrogens is 2. The third-order valence-electron chi connectivity index (χ3n) is 2.08. The molecule has 1 heterocycles. The quantitative estimate of drug-likeness (QED) is 0.859. The number of benzene rings is 1. The molecular weight excluding hydrogens is 206 g/mol. The van der Waals surface area contributed by atoms with E-state index >= 15 is 0 Å². The molecule has 2 aromatic rings. The first kappa shape index (κ1) is 10.3. The highest BCUT2D eigenvalue weighted by molar-refractivity contribution is 7.99. The summed E-state index contributed by atoms with van der Waals surface area (Å²) in [6.45, 7) is 0.595. The Morgan fingerprint density at radius 3 is 2.53 bits per heavy atom. The fraction of sp³-hybridized carbons (Fsp3) is 0.182. The summed E-state index contributed by atoms with van der Waals surface area (Å²) in [6.07, 6.45) is 3.86. The summed E-state index contributed by atoms with van der Waals surface area (Å²) >= 11 is 1.70. The van der Waals surface area contributed by atoms with Gasteiger partial charge in [0.05, 0.1) is 11.1 Å². The lowest BCUT2D eigenvalue weighted by Crippen LogP contribution is -1.94. The Morgan fingerprint density at radius 1 is 1.27 bits per heavy atom. The number of aryl methyl sites for hydroxylation is 1. The molecule has 0 amide bonds. The zero-order valence-electron chi connectivity index (χ0n) is 8.55. The smallest absolute Gasteiger partial charge is 0.0629 e. The highest BCUT2D eigenvalue weighted by atomic mass is 32.2. The van der Waals surface area contributed by atoms with Crippen molar-refractivity contribution in [3.05, 3.63) is 42.2 Å². The van der Waals surface area contributed by atoms with Gasteiger partial charge in [-0.3, -0.25) is 4.68 Å². The zero-order valence-corrected chi connectivity index (χ0v) is 9.37. The fourth-order valence-corrected chi connectivity index (χ4v) is 2.13. The fourth-order valence-electron chi connectivity index (χ4n) is 1.28. The maximum atomic E-state index is 5.54. The van der Waals surface area contributed by atoms with Crippen LogP contribution in [0, 0.1) is 0 Å². The molecule has 15 heavy (non-hydrogen) atoms. The van der Waals surface area contributed by atoms with Gasteiger partial charge in [-0.15, -0.1) is 0 Å². The van der Waals surface area contributed by atoms with Crippen LogP contribution >= 0.6 is 11.8 Å². The van der Waals surface area contributed by atoms with E-state index in [1.54, 1.807) is 16.4 Å². The van der Waals surface area contributed by atoms with Gasteiger partial charge in [0, 0.05) is 24.7 Å². The van der Waals surface area contributed by atoms with Gasteiger partial charge in [0.25, 0.3) is 0 Å². The molecule has 0 atom stereocenters. The van der Waals surface area contributed by atoms with Crippen LogP contribution in [0.3, 0.4) is 0 Å². The monoisotopic (exact) mass is 219 g/mol. The molecule has 1 aromatic carbocycles. The van der Waals surface area contributed by atoms with Gasteiger partial charge in [-0.1, -0.05) is 23.9 Å². The largest absolute Gasteiger partial charge is 0.326 e. The van der Waals surface area contributed by atoms with Gasteiger partial charge < -0.3 is 5.73 Å². The summed E-state index contributed by atoms with van der Waals surface area (Å²) in [5, 5.41) is 4.12. The van der Waals surface area contributed by atoms with Gasteiger partial charge >= 0.3 is 0 Å². The minimum atomic E-state index is 0.595. The van der Waals surface area contributed by atoms with Crippen molar-refractivity contribution < 1.29 is 0 Å². The van der Waals surface area contributed by atoms with E-state index in [0.717, 1.165) is 10.5 Å². The Hall–Kier alpha value is -1.26. The topological polar surface area (TPSA) is 43.8 Å². The van der Waals surface area contributed by atoms with Gasteiger partial charge in [-0.05, 0) is 17.7 Å². The molecule has 0 radical (unpaired) electrons. The second kappa shape index (κ2) is 4.51. The molecule has 0 saturated heterocycles. The Bertz CT molecular complexity index is 433. The molecule has 0 saturated carbocycles. The summed E-state index contributed by atoms with van der Waals surface area (Å²) in [6, 6.07) is 8.27. The molecule has 0 aliphatic rings. The van der Waals surface area contributed by atoms with E-state index in [1.165, 1.54) is 4.90 Å². The lowest BCUT2D eigenvalue weighted by molar-refractivity contribution is 0.766. The van der Waals surface area contributed by atoms with Gasteiger partial charge in [-0.2, -0.15) is 5.10 Å². The number of hydrogen-bond donors (Lipinski definition) is 1. The van der Waals surface area contributed by atoms with Crippen LogP contribution in [0.5, 0.6) is 0 Å². The van der Waals surface area contributed by atoms with Crippen LogP contribution in [-0.2, 0) is 13.6 Å². The third kappa shape index (κ3) is 2.61. The molecule has 0 fully saturated rings. The normalized spacial score (nSPS) is 10.5. The Morgan fingerprint density at radius 2 is 2.00 bits per heavy atom. The van der Waals surface area contributed by atoms with Crippen LogP contribution in [0.2, 0.25) is 0 Å². The van der Waals surface area contributed by atoms with E-state index in [1.807, 2.05) is 19.4 Å². The van der Waals surface area contributed by atoms with Crippen molar-refractivity contribution >= 4 is 11.8 Å². The SMILES string of the molecule is Cn1cc(Sc2ccc(CN)cc2)cn1. The summed E-state index contributed by atoms with van der Waals surface area (Å²) in [5.74, 6) is 0. The first-order valence-electron chi connectivity index (χ1n) is 4.73. The van der Waals surface area contributed by atoms with E-state index in [9.17, 15) is 0 Å². The molecule has 78 valence electrons. The summed E-state index contributed by atoms with van der Waals surface area (Å²) in [5.41, 5.74) is 6.69. The second-order valence-electron chi connectivity index (χ2n) is 3.30. The van der Waals surface area contributed by atoms with Crippen LogP contribution in [0.15, 0.2) is 46.5 Å². The van der Waals surface area contributed by atoms with E-state index in [-0.39, 0.29) is 0 Å². The minimum absolute atomic E-state index is 0.595. The van der Waals surface area contributed by atoms with Gasteiger partial charge in [0.2, 0.25) is 0 Å². The molecule has 3 nitrogen and oxygen atoms in total. The van der Waals surface area contributed by atoms with Crippen molar-refractivity contribution in [2.24, 2.45) is 12.8 Å². The van der Waals surface area contributed by atoms with Crippen molar-refractivity contribution in [3.63, 3.8) is 0 Å². The Balaban J connectivity index is 2.11. The predicted octanol–water partition coefficient (Wildman–Crippen LogP) is 2.03. The molecule has 1 aromatic heterocycles. The summed E-state index contributed by atoms with van der Waals surface area (Å²) in [7, 11) is 1.92. The van der Waals surface area contributed by atoms with E-state index < -0.39 is 0 Å². The first-order chi connectivity index (χ1) is 7.28. The maximum absolute atomic E-state index is 5.54. The van der Waals surface area contributed by atoms with E-state index in [0.29, 0.717) is 6.54 Å². The van der Waals surface area contributed by atoms with Crippen molar-refractivity contribution in [2.45, 2.75) is 16.3 Å². The lowest BCUT2D eigenvalue weighted by atomic mass is 10.2. The molecule has 0 bridgehead atoms. The highest BCUT2D eigenvalue weighted by Crippen LogP contribution is 2.26. The molecule has 2 rings (SSSR count). The summed E-state index contributed by atoms with van der Waals surface area (Å²) < 4.78 is 1.80. The van der Waals surface area contributed by atoms with E-state index in [2.05, 4.69) is 29.4 Å². The molecule has 0 spiro atoms. The van der Waals surface area contributed by atoms with Crippen molar-refractivity contribution in [3.8, 4) is 0 Å². The first-order valence-corrected chi connectivity index (χ1v) is 5.55. The molecule has 0 aliphatic heterocycles. The van der Waals surface area contributed by atoms with E-state index in [4.69, 9.17) is 5.73 Å². The Labute approximate surface area is 93.3 Å². The van der Waals surface area contributed by atoms with Crippen molar-refractivity contribution in [1.82, 2.24) is 9.78 Å². The molecule has 4 heteroatoms. The predicted molar refractivity (Wildman–Crippen MR) is 61.7 cm³/mol. The van der Waals surface area contributed by atoms with Crippen molar-refractivity contribution in [1.29, 1.82) is 0 Å². The van der Waals surface area contributed by atoms with Crippen molar-refractivity contribution in [2.75, 3.05) is 0 Å². The van der Waals surface area contributed by atoms with Gasteiger partial charge in [0.1, 0.15) is 0 Å². The number of hydrogen-bond acceptors (Lipinski definition) is 3. The Kier molecular flexibility index (Phi) is 3.08. The maximum Gasteiger partial charge on any atom is 0.0629 e. The third-order valence-corrected chi connectivity index (χ3v) is 3.03. The van der Waals surface area contributed by atoms with Crippen LogP contribution in [0.1, 0.15) is 5.56 Å². The zero-order chi connectivity index (χ0) is 10.7.